The average Bonchev–Trinajstić information content (AvgIpc) is 2.67. The first-order chi connectivity index (χ1) is 14.5. The Morgan fingerprint density at radius 1 is 1.23 bits per heavy atom. The van der Waals surface area contributed by atoms with Gasteiger partial charge in [-0.3, -0.25) is 0 Å². The molecule has 31 heavy (non-hydrogen) atoms. The van der Waals surface area contributed by atoms with Crippen molar-refractivity contribution in [3.63, 3.8) is 0 Å². The number of aromatic nitrogens is 1. The quantitative estimate of drug-likeness (QED) is 0.444. The molecule has 4 nitrogen and oxygen atoms in total. The number of ether oxygens (including phenoxy) is 1. The van der Waals surface area contributed by atoms with Crippen molar-refractivity contribution in [1.29, 1.82) is 0 Å². The first kappa shape index (κ1) is 23.2. The van der Waals surface area contributed by atoms with Crippen molar-refractivity contribution < 1.29 is 27.8 Å². The lowest BCUT2D eigenvalue weighted by atomic mass is 9.89. The van der Waals surface area contributed by atoms with Crippen LogP contribution >= 0.6 is 11.8 Å². The minimum atomic E-state index is -4.42. The van der Waals surface area contributed by atoms with Crippen LogP contribution in [0.5, 0.6) is 0 Å². The van der Waals surface area contributed by atoms with E-state index in [1.165, 1.54) is 17.8 Å². The van der Waals surface area contributed by atoms with Crippen LogP contribution in [0.25, 0.3) is 5.57 Å². The topological polar surface area (TPSA) is 59.4 Å². The summed E-state index contributed by atoms with van der Waals surface area (Å²) in [6.45, 7) is 7.63. The zero-order chi connectivity index (χ0) is 22.9. The Morgan fingerprint density at radius 2 is 1.87 bits per heavy atom. The summed E-state index contributed by atoms with van der Waals surface area (Å²) < 4.78 is 43.6. The van der Waals surface area contributed by atoms with Crippen LogP contribution in [-0.2, 0) is 15.7 Å². The third-order valence-electron chi connectivity index (χ3n) is 5.27. The van der Waals surface area contributed by atoms with E-state index in [2.05, 4.69) is 4.98 Å². The molecule has 0 saturated carbocycles. The van der Waals surface area contributed by atoms with Gasteiger partial charge < -0.3 is 9.84 Å². The van der Waals surface area contributed by atoms with Gasteiger partial charge in [-0.25, -0.2) is 9.78 Å². The fourth-order valence-corrected chi connectivity index (χ4v) is 4.68. The molecule has 1 aromatic carbocycles. The van der Waals surface area contributed by atoms with E-state index in [1.807, 2.05) is 39.8 Å². The van der Waals surface area contributed by atoms with Crippen molar-refractivity contribution in [2.24, 2.45) is 5.92 Å². The van der Waals surface area contributed by atoms with E-state index < -0.39 is 23.8 Å². The molecule has 166 valence electrons. The number of rotatable bonds is 5. The van der Waals surface area contributed by atoms with Gasteiger partial charge in [0.15, 0.2) is 0 Å². The number of aliphatic hydroxyl groups excluding tert-OH is 1. The van der Waals surface area contributed by atoms with Gasteiger partial charge in [0.05, 0.1) is 10.6 Å². The van der Waals surface area contributed by atoms with Gasteiger partial charge in [-0.2, -0.15) is 13.2 Å². The molecule has 3 rings (SSSR count). The summed E-state index contributed by atoms with van der Waals surface area (Å²) in [5, 5.41) is 11.1. The number of carbonyl (C=O) groups is 1. The van der Waals surface area contributed by atoms with E-state index in [0.717, 1.165) is 29.0 Å². The Bertz CT molecular complexity index is 993. The number of cyclic esters (lactones) is 1. The van der Waals surface area contributed by atoms with Crippen molar-refractivity contribution in [3.8, 4) is 0 Å². The van der Waals surface area contributed by atoms with Crippen molar-refractivity contribution in [3.05, 3.63) is 64.0 Å². The SMILES string of the molecule is Cc1cc(C)c(C2=C(O)CC(C(C)CSc3ccc(C(F)(F)F)cn3)OC2=O)c(C)c1. The van der Waals surface area contributed by atoms with Gasteiger partial charge in [-0.1, -0.05) is 24.6 Å². The maximum Gasteiger partial charge on any atom is 0.417 e. The molecule has 2 heterocycles. The lowest BCUT2D eigenvalue weighted by Crippen LogP contribution is -2.32. The number of hydrogen-bond acceptors (Lipinski definition) is 5. The number of carbonyl (C=O) groups excluding carboxylic acids is 1. The van der Waals surface area contributed by atoms with Crippen LogP contribution < -0.4 is 0 Å². The molecule has 0 fully saturated rings. The molecule has 0 spiro atoms. The maximum atomic E-state index is 12.7. The molecule has 2 aromatic rings. The summed E-state index contributed by atoms with van der Waals surface area (Å²) in [4.78, 5) is 16.6. The van der Waals surface area contributed by atoms with Gasteiger partial charge >= 0.3 is 12.1 Å². The zero-order valence-electron chi connectivity index (χ0n) is 17.7. The summed E-state index contributed by atoms with van der Waals surface area (Å²) in [6, 6.07) is 6.23. The summed E-state index contributed by atoms with van der Waals surface area (Å²) in [6.07, 6.45) is -3.95. The predicted molar refractivity (Wildman–Crippen MR) is 114 cm³/mol. The highest BCUT2D eigenvalue weighted by Crippen LogP contribution is 2.36. The van der Waals surface area contributed by atoms with Gasteiger partial charge in [-0.05, 0) is 49.6 Å². The molecule has 0 bridgehead atoms. The van der Waals surface area contributed by atoms with Gasteiger partial charge in [0.25, 0.3) is 0 Å². The summed E-state index contributed by atoms with van der Waals surface area (Å²) >= 11 is 1.28. The monoisotopic (exact) mass is 451 g/mol. The Labute approximate surface area is 183 Å². The summed E-state index contributed by atoms with van der Waals surface area (Å²) in [5.41, 5.74) is 2.97. The average molecular weight is 452 g/mol. The molecule has 0 saturated heterocycles. The van der Waals surface area contributed by atoms with Crippen LogP contribution in [0.15, 0.2) is 41.2 Å². The second-order valence-electron chi connectivity index (χ2n) is 7.91. The highest BCUT2D eigenvalue weighted by Gasteiger charge is 2.34. The van der Waals surface area contributed by atoms with E-state index in [1.54, 1.807) is 0 Å². The number of nitrogens with zero attached hydrogens (tertiary/aromatic N) is 1. The lowest BCUT2D eigenvalue weighted by Gasteiger charge is -2.29. The van der Waals surface area contributed by atoms with Gasteiger partial charge in [0.2, 0.25) is 0 Å². The second-order valence-corrected chi connectivity index (χ2v) is 8.95. The number of pyridine rings is 1. The van der Waals surface area contributed by atoms with E-state index in [0.29, 0.717) is 16.3 Å². The number of hydrogen-bond donors (Lipinski definition) is 1. The summed E-state index contributed by atoms with van der Waals surface area (Å²) in [7, 11) is 0. The Kier molecular flexibility index (Phi) is 6.69. The van der Waals surface area contributed by atoms with E-state index >= 15 is 0 Å². The van der Waals surface area contributed by atoms with Crippen LogP contribution in [-0.4, -0.2) is 27.9 Å². The van der Waals surface area contributed by atoms with Crippen LogP contribution in [0, 0.1) is 26.7 Å². The Balaban J connectivity index is 1.70. The molecule has 2 atom stereocenters. The highest BCUT2D eigenvalue weighted by atomic mass is 32.2. The number of esters is 1. The third-order valence-corrected chi connectivity index (χ3v) is 6.49. The standard InChI is InChI=1S/C23H24F3NO3S/c1-12-7-13(2)20(14(3)8-12)21-17(28)9-18(30-22(21)29)15(4)11-31-19-6-5-16(10-27-19)23(24,25)26/h5-8,10,15,18,28H,9,11H2,1-4H3. The molecule has 1 aliphatic rings. The molecular formula is C23H24F3NO3S. The molecule has 2 unspecified atom stereocenters. The number of alkyl halides is 3. The van der Waals surface area contributed by atoms with Gasteiger partial charge in [-0.15, -0.1) is 11.8 Å². The fourth-order valence-electron chi connectivity index (χ4n) is 3.74. The molecule has 0 radical (unpaired) electrons. The second kappa shape index (κ2) is 8.94. The Morgan fingerprint density at radius 3 is 2.39 bits per heavy atom. The minimum Gasteiger partial charge on any atom is -0.511 e. The molecule has 0 aliphatic carbocycles. The smallest absolute Gasteiger partial charge is 0.417 e. The van der Waals surface area contributed by atoms with E-state index in [-0.39, 0.29) is 23.7 Å². The number of benzene rings is 1. The Hall–Kier alpha value is -2.48. The normalized spacial score (nSPS) is 18.2. The minimum absolute atomic E-state index is 0.000748. The van der Waals surface area contributed by atoms with Crippen molar-refractivity contribution in [2.45, 2.75) is 51.4 Å². The van der Waals surface area contributed by atoms with Crippen molar-refractivity contribution in [2.75, 3.05) is 5.75 Å². The van der Waals surface area contributed by atoms with Gasteiger partial charge in [0.1, 0.15) is 17.4 Å². The van der Waals surface area contributed by atoms with Crippen molar-refractivity contribution in [1.82, 2.24) is 4.98 Å². The predicted octanol–water partition coefficient (Wildman–Crippen LogP) is 6.04. The zero-order valence-corrected chi connectivity index (χ0v) is 18.5. The van der Waals surface area contributed by atoms with Crippen LogP contribution in [0.3, 0.4) is 0 Å². The number of aryl methyl sites for hydroxylation is 3. The van der Waals surface area contributed by atoms with Crippen LogP contribution in [0.4, 0.5) is 13.2 Å². The lowest BCUT2D eigenvalue weighted by molar-refractivity contribution is -0.145. The number of halogens is 3. The molecule has 1 N–H and O–H groups in total. The fraction of sp³-hybridized carbons (Fsp3) is 0.391. The van der Waals surface area contributed by atoms with E-state index in [9.17, 15) is 23.1 Å². The largest absolute Gasteiger partial charge is 0.511 e. The van der Waals surface area contributed by atoms with Gasteiger partial charge in [0, 0.05) is 24.3 Å². The molecule has 8 heteroatoms. The van der Waals surface area contributed by atoms with Crippen molar-refractivity contribution >= 4 is 23.3 Å². The molecular weight excluding hydrogens is 427 g/mol. The maximum absolute atomic E-state index is 12.7. The van der Waals surface area contributed by atoms with Crippen LogP contribution in [0.1, 0.15) is 41.2 Å². The van der Waals surface area contributed by atoms with Crippen LogP contribution in [0.2, 0.25) is 0 Å². The molecule has 0 amide bonds. The summed E-state index contributed by atoms with van der Waals surface area (Å²) in [5.74, 6) is -0.224. The first-order valence-electron chi connectivity index (χ1n) is 9.84. The first-order valence-corrected chi connectivity index (χ1v) is 10.8. The third kappa shape index (κ3) is 5.23. The highest BCUT2D eigenvalue weighted by molar-refractivity contribution is 7.99. The number of aliphatic hydroxyl groups is 1. The number of thioether (sulfide) groups is 1. The van der Waals surface area contributed by atoms with E-state index in [4.69, 9.17) is 4.74 Å². The molecule has 1 aliphatic heterocycles. The molecule has 1 aromatic heterocycles.